The minimum Gasteiger partial charge on any atom is -0.348 e. The van der Waals surface area contributed by atoms with Gasteiger partial charge in [0.15, 0.2) is 5.82 Å². The second-order valence-electron chi connectivity index (χ2n) is 5.70. The Labute approximate surface area is 119 Å². The zero-order chi connectivity index (χ0) is 13.9. The summed E-state index contributed by atoms with van der Waals surface area (Å²) in [6.45, 7) is 0.659. The summed E-state index contributed by atoms with van der Waals surface area (Å²) >= 11 is 6.18. The van der Waals surface area contributed by atoms with Gasteiger partial charge in [-0.1, -0.05) is 11.6 Å². The van der Waals surface area contributed by atoms with E-state index in [4.69, 9.17) is 11.6 Å². The van der Waals surface area contributed by atoms with Crippen LogP contribution in [-0.4, -0.2) is 28.1 Å². The first-order chi connectivity index (χ1) is 9.59. The van der Waals surface area contributed by atoms with Crippen molar-refractivity contribution in [3.8, 4) is 0 Å². The molecule has 2 aliphatic rings. The number of carbonyl (C=O) groups is 1. The first-order valence-electron chi connectivity index (χ1n) is 6.72. The van der Waals surface area contributed by atoms with E-state index >= 15 is 0 Å². The SMILES string of the molecule is O=C1CCN(c2n[nH]c3cc(F)cc(Cl)c23)C2(CC2)C1. The number of benzene rings is 1. The van der Waals surface area contributed by atoms with Crippen molar-refractivity contribution in [1.82, 2.24) is 10.2 Å². The van der Waals surface area contributed by atoms with E-state index in [9.17, 15) is 9.18 Å². The number of fused-ring (bicyclic) bond motifs is 1. The van der Waals surface area contributed by atoms with Gasteiger partial charge in [-0.25, -0.2) is 4.39 Å². The Morgan fingerprint density at radius 3 is 2.95 bits per heavy atom. The van der Waals surface area contributed by atoms with E-state index in [1.165, 1.54) is 12.1 Å². The second kappa shape index (κ2) is 3.95. The van der Waals surface area contributed by atoms with E-state index in [2.05, 4.69) is 15.1 Å². The van der Waals surface area contributed by atoms with Gasteiger partial charge in [-0.3, -0.25) is 9.89 Å². The van der Waals surface area contributed by atoms with E-state index in [0.717, 1.165) is 24.0 Å². The fraction of sp³-hybridized carbons (Fsp3) is 0.429. The summed E-state index contributed by atoms with van der Waals surface area (Å²) in [7, 11) is 0. The van der Waals surface area contributed by atoms with Crippen molar-refractivity contribution in [2.24, 2.45) is 0 Å². The van der Waals surface area contributed by atoms with Gasteiger partial charge >= 0.3 is 0 Å². The van der Waals surface area contributed by atoms with E-state index in [-0.39, 0.29) is 11.4 Å². The molecule has 1 saturated carbocycles. The Balaban J connectivity index is 1.85. The lowest BCUT2D eigenvalue weighted by Crippen LogP contribution is -2.45. The largest absolute Gasteiger partial charge is 0.348 e. The van der Waals surface area contributed by atoms with Gasteiger partial charge in [-0.15, -0.1) is 0 Å². The molecule has 1 aliphatic heterocycles. The number of ketones is 1. The molecule has 2 fully saturated rings. The summed E-state index contributed by atoms with van der Waals surface area (Å²) in [4.78, 5) is 13.9. The Hall–Kier alpha value is -1.62. The summed E-state index contributed by atoms with van der Waals surface area (Å²) in [5, 5.41) is 8.26. The fourth-order valence-corrected chi connectivity index (χ4v) is 3.49. The number of aromatic amines is 1. The summed E-state index contributed by atoms with van der Waals surface area (Å²) < 4.78 is 13.4. The standard InChI is InChI=1S/C14H13ClFN3O/c15-10-5-8(16)6-11-12(10)13(18-17-11)19-4-1-9(20)7-14(19)2-3-14/h5-6H,1-4,7H2,(H,17,18). The zero-order valence-electron chi connectivity index (χ0n) is 10.7. The van der Waals surface area contributed by atoms with Gasteiger partial charge in [0.25, 0.3) is 0 Å². The quantitative estimate of drug-likeness (QED) is 0.879. The highest BCUT2D eigenvalue weighted by molar-refractivity contribution is 6.36. The van der Waals surface area contributed by atoms with Gasteiger partial charge in [-0.2, -0.15) is 5.10 Å². The molecule has 4 nitrogen and oxygen atoms in total. The van der Waals surface area contributed by atoms with Crippen molar-refractivity contribution in [1.29, 1.82) is 0 Å². The van der Waals surface area contributed by atoms with Gasteiger partial charge in [-0.05, 0) is 25.0 Å². The van der Waals surface area contributed by atoms with Crippen molar-refractivity contribution < 1.29 is 9.18 Å². The number of rotatable bonds is 1. The van der Waals surface area contributed by atoms with Crippen LogP contribution in [0.15, 0.2) is 12.1 Å². The Morgan fingerprint density at radius 1 is 1.40 bits per heavy atom. The van der Waals surface area contributed by atoms with Crippen LogP contribution < -0.4 is 4.90 Å². The minimum atomic E-state index is -0.382. The molecular weight excluding hydrogens is 281 g/mol. The van der Waals surface area contributed by atoms with Crippen molar-refractivity contribution in [3.63, 3.8) is 0 Å². The number of nitrogens with zero attached hydrogens (tertiary/aromatic N) is 2. The lowest BCUT2D eigenvalue weighted by atomic mass is 9.98. The van der Waals surface area contributed by atoms with Crippen molar-refractivity contribution in [3.05, 3.63) is 23.0 Å². The van der Waals surface area contributed by atoms with E-state index in [1.807, 2.05) is 0 Å². The Bertz CT molecular complexity index is 723. The predicted molar refractivity (Wildman–Crippen MR) is 74.6 cm³/mol. The highest BCUT2D eigenvalue weighted by Gasteiger charge is 2.52. The van der Waals surface area contributed by atoms with Gasteiger partial charge in [0, 0.05) is 24.9 Å². The summed E-state index contributed by atoms with van der Waals surface area (Å²) in [6.07, 6.45) is 3.13. The van der Waals surface area contributed by atoms with Crippen LogP contribution in [-0.2, 0) is 4.79 Å². The summed E-state index contributed by atoms with van der Waals surface area (Å²) in [5.41, 5.74) is 0.521. The Kier molecular flexibility index (Phi) is 2.40. The van der Waals surface area contributed by atoms with Crippen LogP contribution >= 0.6 is 11.6 Å². The van der Waals surface area contributed by atoms with E-state index < -0.39 is 0 Å². The number of nitrogens with one attached hydrogen (secondary N) is 1. The number of anilines is 1. The van der Waals surface area contributed by atoms with Crippen LogP contribution in [0.3, 0.4) is 0 Å². The number of H-pyrrole nitrogens is 1. The van der Waals surface area contributed by atoms with Crippen molar-refractivity contribution in [2.75, 3.05) is 11.4 Å². The summed E-state index contributed by atoms with van der Waals surface area (Å²) in [5.74, 6) is 0.679. The number of carbonyl (C=O) groups excluding carboxylic acids is 1. The molecule has 6 heteroatoms. The first-order valence-corrected chi connectivity index (χ1v) is 7.09. The molecule has 2 aromatic rings. The molecule has 0 radical (unpaired) electrons. The smallest absolute Gasteiger partial charge is 0.160 e. The molecule has 0 bridgehead atoms. The zero-order valence-corrected chi connectivity index (χ0v) is 11.5. The molecule has 0 amide bonds. The van der Waals surface area contributed by atoms with Gasteiger partial charge < -0.3 is 4.90 Å². The first kappa shape index (κ1) is 12.1. The number of hydrogen-bond donors (Lipinski definition) is 1. The summed E-state index contributed by atoms with van der Waals surface area (Å²) in [6, 6.07) is 2.70. The normalized spacial score (nSPS) is 20.9. The molecule has 0 atom stereocenters. The minimum absolute atomic E-state index is 0.0742. The predicted octanol–water partition coefficient (Wildman–Crippen LogP) is 3.06. The number of halogens is 2. The topological polar surface area (TPSA) is 49.0 Å². The van der Waals surface area contributed by atoms with Gasteiger partial charge in [0.1, 0.15) is 11.6 Å². The molecule has 0 unspecified atom stereocenters. The van der Waals surface area contributed by atoms with Crippen molar-refractivity contribution >= 4 is 34.1 Å². The van der Waals surface area contributed by atoms with Gasteiger partial charge in [0.05, 0.1) is 15.9 Å². The maximum absolute atomic E-state index is 13.4. The average Bonchev–Trinajstić information content (AvgIpc) is 2.99. The van der Waals surface area contributed by atoms with Crippen LogP contribution in [0, 0.1) is 5.82 Å². The van der Waals surface area contributed by atoms with E-state index in [1.54, 1.807) is 0 Å². The number of Topliss-reactive ketones (excluding diaryl/α,β-unsaturated/α-hetero) is 1. The molecule has 1 aromatic heterocycles. The second-order valence-corrected chi connectivity index (χ2v) is 6.11. The third-order valence-corrected chi connectivity index (χ3v) is 4.65. The molecule has 1 aliphatic carbocycles. The third kappa shape index (κ3) is 1.66. The Morgan fingerprint density at radius 2 is 2.20 bits per heavy atom. The molecule has 1 aromatic carbocycles. The monoisotopic (exact) mass is 293 g/mol. The molecule has 20 heavy (non-hydrogen) atoms. The molecule has 1 spiro atoms. The van der Waals surface area contributed by atoms with Gasteiger partial charge in [0.2, 0.25) is 0 Å². The molecular formula is C14H13ClFN3O. The lowest BCUT2D eigenvalue weighted by Gasteiger charge is -2.36. The van der Waals surface area contributed by atoms with Crippen LogP contribution in [0.2, 0.25) is 5.02 Å². The molecule has 2 heterocycles. The number of piperidine rings is 1. The third-order valence-electron chi connectivity index (χ3n) is 4.36. The maximum Gasteiger partial charge on any atom is 0.160 e. The van der Waals surface area contributed by atoms with Crippen LogP contribution in [0.4, 0.5) is 10.2 Å². The molecule has 4 rings (SSSR count). The molecule has 1 saturated heterocycles. The average molecular weight is 294 g/mol. The van der Waals surface area contributed by atoms with E-state index in [0.29, 0.717) is 35.7 Å². The van der Waals surface area contributed by atoms with Crippen LogP contribution in [0.1, 0.15) is 25.7 Å². The molecule has 104 valence electrons. The van der Waals surface area contributed by atoms with Crippen molar-refractivity contribution in [2.45, 2.75) is 31.2 Å². The maximum atomic E-state index is 13.4. The molecule has 1 N–H and O–H groups in total. The fourth-order valence-electron chi connectivity index (χ4n) is 3.20. The highest BCUT2D eigenvalue weighted by Crippen LogP contribution is 2.50. The number of hydrogen-bond acceptors (Lipinski definition) is 3. The van der Waals surface area contributed by atoms with Crippen LogP contribution in [0.25, 0.3) is 10.9 Å². The number of aromatic nitrogens is 2. The van der Waals surface area contributed by atoms with Crippen LogP contribution in [0.5, 0.6) is 0 Å². The lowest BCUT2D eigenvalue weighted by molar-refractivity contribution is -0.120. The highest BCUT2D eigenvalue weighted by atomic mass is 35.5.